The zero-order valence-electron chi connectivity index (χ0n) is 11.5. The molecule has 0 saturated heterocycles. The second kappa shape index (κ2) is 6.52. The van der Waals surface area contributed by atoms with Crippen LogP contribution in [-0.2, 0) is 0 Å². The molecule has 0 aromatic heterocycles. The number of hydrogen-bond donors (Lipinski definition) is 1. The van der Waals surface area contributed by atoms with Gasteiger partial charge in [-0.25, -0.2) is 5.43 Å². The molecule has 0 aliphatic heterocycles. The second-order valence-corrected chi connectivity index (χ2v) is 4.34. The molecule has 0 aliphatic rings. The lowest BCUT2D eigenvalue weighted by atomic mass is 10.1. The van der Waals surface area contributed by atoms with E-state index in [9.17, 15) is 4.79 Å². The number of nitrogens with zero attached hydrogens (tertiary/aromatic N) is 1. The quantitative estimate of drug-likeness (QED) is 0.684. The van der Waals surface area contributed by atoms with Crippen molar-refractivity contribution < 1.29 is 9.53 Å². The summed E-state index contributed by atoms with van der Waals surface area (Å²) in [5.41, 5.74) is 5.08. The number of aryl methyl sites for hydroxylation is 1. The smallest absolute Gasteiger partial charge is 0.271 e. The summed E-state index contributed by atoms with van der Waals surface area (Å²) >= 11 is 0. The van der Waals surface area contributed by atoms with Gasteiger partial charge in [0.05, 0.1) is 13.3 Å². The van der Waals surface area contributed by atoms with Crippen molar-refractivity contribution in [1.29, 1.82) is 0 Å². The molecule has 1 amide bonds. The van der Waals surface area contributed by atoms with Crippen LogP contribution in [0.25, 0.3) is 0 Å². The number of carbonyl (C=O) groups is 1. The fourth-order valence-electron chi connectivity index (χ4n) is 1.62. The van der Waals surface area contributed by atoms with E-state index in [0.717, 1.165) is 16.9 Å². The normalized spacial score (nSPS) is 10.5. The third-order valence-corrected chi connectivity index (χ3v) is 2.81. The Morgan fingerprint density at radius 3 is 2.35 bits per heavy atom. The Hall–Kier alpha value is -2.62. The first-order chi connectivity index (χ1) is 9.69. The van der Waals surface area contributed by atoms with Crippen molar-refractivity contribution in [2.45, 2.75) is 6.92 Å². The van der Waals surface area contributed by atoms with E-state index in [-0.39, 0.29) is 5.91 Å². The van der Waals surface area contributed by atoms with Gasteiger partial charge < -0.3 is 4.74 Å². The topological polar surface area (TPSA) is 50.7 Å². The van der Waals surface area contributed by atoms with E-state index in [2.05, 4.69) is 10.5 Å². The molecule has 4 nitrogen and oxygen atoms in total. The molecule has 2 rings (SSSR count). The van der Waals surface area contributed by atoms with Gasteiger partial charge in [-0.3, -0.25) is 4.79 Å². The van der Waals surface area contributed by atoms with Gasteiger partial charge in [0.2, 0.25) is 0 Å². The van der Waals surface area contributed by atoms with Crippen LogP contribution in [0.3, 0.4) is 0 Å². The van der Waals surface area contributed by atoms with Crippen molar-refractivity contribution >= 4 is 12.1 Å². The summed E-state index contributed by atoms with van der Waals surface area (Å²) in [6.07, 6.45) is 1.59. The molecule has 1 N–H and O–H groups in total. The van der Waals surface area contributed by atoms with Gasteiger partial charge in [0.15, 0.2) is 0 Å². The summed E-state index contributed by atoms with van der Waals surface area (Å²) in [6, 6.07) is 14.7. The first-order valence-electron chi connectivity index (χ1n) is 6.23. The standard InChI is InChI=1S/C16H16N2O2/c1-12-3-7-14(8-4-12)16(19)18-17-11-13-5-9-15(20-2)10-6-13/h3-11H,1-2H3,(H,18,19)/b17-11-. The number of ether oxygens (including phenoxy) is 1. The SMILES string of the molecule is COc1ccc(/C=N\NC(=O)c2ccc(C)cc2)cc1. The number of benzene rings is 2. The van der Waals surface area contributed by atoms with Gasteiger partial charge in [0.1, 0.15) is 5.75 Å². The molecule has 2 aromatic carbocycles. The summed E-state index contributed by atoms with van der Waals surface area (Å²) in [7, 11) is 1.62. The molecule has 0 aliphatic carbocycles. The van der Waals surface area contributed by atoms with E-state index in [1.54, 1.807) is 25.5 Å². The molecular formula is C16H16N2O2. The van der Waals surface area contributed by atoms with Crippen molar-refractivity contribution in [3.8, 4) is 5.75 Å². The van der Waals surface area contributed by atoms with E-state index in [1.165, 1.54) is 0 Å². The molecule has 4 heteroatoms. The fourth-order valence-corrected chi connectivity index (χ4v) is 1.62. The molecule has 0 bridgehead atoms. The molecule has 102 valence electrons. The minimum Gasteiger partial charge on any atom is -0.497 e. The number of hydrogen-bond acceptors (Lipinski definition) is 3. The van der Waals surface area contributed by atoms with Crippen molar-refractivity contribution in [2.24, 2.45) is 5.10 Å². The van der Waals surface area contributed by atoms with Gasteiger partial charge in [-0.1, -0.05) is 17.7 Å². The Morgan fingerprint density at radius 2 is 1.75 bits per heavy atom. The Morgan fingerprint density at radius 1 is 1.10 bits per heavy atom. The summed E-state index contributed by atoms with van der Waals surface area (Å²) < 4.78 is 5.07. The van der Waals surface area contributed by atoms with Gasteiger partial charge in [-0.15, -0.1) is 0 Å². The van der Waals surface area contributed by atoms with E-state index in [4.69, 9.17) is 4.74 Å². The lowest BCUT2D eigenvalue weighted by Gasteiger charge is -2.01. The van der Waals surface area contributed by atoms with Gasteiger partial charge in [0, 0.05) is 5.56 Å². The van der Waals surface area contributed by atoms with Crippen LogP contribution < -0.4 is 10.2 Å². The van der Waals surface area contributed by atoms with Crippen LogP contribution in [0, 0.1) is 6.92 Å². The Balaban J connectivity index is 1.95. The van der Waals surface area contributed by atoms with Gasteiger partial charge >= 0.3 is 0 Å². The van der Waals surface area contributed by atoms with Crippen LogP contribution in [0.2, 0.25) is 0 Å². The van der Waals surface area contributed by atoms with Crippen LogP contribution in [0.4, 0.5) is 0 Å². The van der Waals surface area contributed by atoms with E-state index in [0.29, 0.717) is 5.56 Å². The Bertz CT molecular complexity index is 601. The molecule has 2 aromatic rings. The monoisotopic (exact) mass is 268 g/mol. The van der Waals surface area contributed by atoms with E-state index < -0.39 is 0 Å². The highest BCUT2D eigenvalue weighted by Gasteiger charge is 2.02. The predicted octanol–water partition coefficient (Wildman–Crippen LogP) is 2.77. The number of amides is 1. The molecule has 0 unspecified atom stereocenters. The molecule has 0 fully saturated rings. The highest BCUT2D eigenvalue weighted by Crippen LogP contribution is 2.09. The third-order valence-electron chi connectivity index (χ3n) is 2.81. The summed E-state index contributed by atoms with van der Waals surface area (Å²) in [6.45, 7) is 1.98. The molecule has 20 heavy (non-hydrogen) atoms. The maximum atomic E-state index is 11.8. The number of nitrogens with one attached hydrogen (secondary N) is 1. The summed E-state index contributed by atoms with van der Waals surface area (Å²) in [4.78, 5) is 11.8. The number of methoxy groups -OCH3 is 1. The highest BCUT2D eigenvalue weighted by molar-refractivity contribution is 5.94. The van der Waals surface area contributed by atoms with Crippen LogP contribution >= 0.6 is 0 Å². The van der Waals surface area contributed by atoms with Crippen LogP contribution in [0.1, 0.15) is 21.5 Å². The van der Waals surface area contributed by atoms with Crippen molar-refractivity contribution in [2.75, 3.05) is 7.11 Å². The number of carbonyl (C=O) groups excluding carboxylic acids is 1. The van der Waals surface area contributed by atoms with Gasteiger partial charge in [0.25, 0.3) is 5.91 Å². The van der Waals surface area contributed by atoms with Crippen LogP contribution in [0.15, 0.2) is 53.6 Å². The Labute approximate surface area is 118 Å². The molecule has 0 heterocycles. The molecule has 0 atom stereocenters. The third kappa shape index (κ3) is 3.68. The molecular weight excluding hydrogens is 252 g/mol. The zero-order chi connectivity index (χ0) is 14.4. The van der Waals surface area contributed by atoms with Crippen LogP contribution in [-0.4, -0.2) is 19.2 Å². The van der Waals surface area contributed by atoms with Crippen molar-refractivity contribution in [1.82, 2.24) is 5.43 Å². The second-order valence-electron chi connectivity index (χ2n) is 4.34. The van der Waals surface area contributed by atoms with E-state index in [1.807, 2.05) is 43.3 Å². The largest absolute Gasteiger partial charge is 0.497 e. The van der Waals surface area contributed by atoms with Gasteiger partial charge in [-0.2, -0.15) is 5.10 Å². The summed E-state index contributed by atoms with van der Waals surface area (Å²) in [5.74, 6) is 0.556. The predicted molar refractivity (Wildman–Crippen MR) is 79.2 cm³/mol. The summed E-state index contributed by atoms with van der Waals surface area (Å²) in [5, 5.41) is 3.93. The maximum absolute atomic E-state index is 11.8. The average Bonchev–Trinajstić information content (AvgIpc) is 2.48. The lowest BCUT2D eigenvalue weighted by molar-refractivity contribution is 0.0955. The zero-order valence-corrected chi connectivity index (χ0v) is 11.5. The first kappa shape index (κ1) is 13.8. The molecule has 0 radical (unpaired) electrons. The van der Waals surface area contributed by atoms with Crippen molar-refractivity contribution in [3.63, 3.8) is 0 Å². The van der Waals surface area contributed by atoms with Gasteiger partial charge in [-0.05, 0) is 48.9 Å². The molecule has 0 saturated carbocycles. The van der Waals surface area contributed by atoms with Crippen molar-refractivity contribution in [3.05, 3.63) is 65.2 Å². The van der Waals surface area contributed by atoms with E-state index >= 15 is 0 Å². The minimum absolute atomic E-state index is 0.227. The first-order valence-corrected chi connectivity index (χ1v) is 6.23. The number of rotatable bonds is 4. The lowest BCUT2D eigenvalue weighted by Crippen LogP contribution is -2.17. The fraction of sp³-hybridized carbons (Fsp3) is 0.125. The maximum Gasteiger partial charge on any atom is 0.271 e. The minimum atomic E-state index is -0.227. The Kier molecular flexibility index (Phi) is 4.50. The highest BCUT2D eigenvalue weighted by atomic mass is 16.5. The molecule has 0 spiro atoms. The average molecular weight is 268 g/mol. The van der Waals surface area contributed by atoms with Crippen LogP contribution in [0.5, 0.6) is 5.75 Å². The number of hydrazone groups is 1.